The minimum atomic E-state index is -1.00. The highest BCUT2D eigenvalue weighted by molar-refractivity contribution is 5.97. The minimum Gasteiger partial charge on any atom is -0.362 e. The normalized spacial score (nSPS) is 19.1. The predicted molar refractivity (Wildman–Crippen MR) is 109 cm³/mol. The number of hydrogen-bond donors (Lipinski definition) is 2. The maximum Gasteiger partial charge on any atom is 0.224 e. The average molecular weight is 403 g/mol. The van der Waals surface area contributed by atoms with E-state index < -0.39 is 11.6 Å². The smallest absolute Gasteiger partial charge is 0.224 e. The number of Topliss-reactive ketones (excluding diaryl/α,β-unsaturated/α-hetero) is 1. The number of ketones is 1. The number of carbonyl (C=O) groups excluding carboxylic acids is 1. The van der Waals surface area contributed by atoms with Crippen molar-refractivity contribution in [1.29, 1.82) is 0 Å². The number of carbonyl (C=O) groups is 1. The van der Waals surface area contributed by atoms with Gasteiger partial charge in [-0.2, -0.15) is 4.98 Å². The van der Waals surface area contributed by atoms with Gasteiger partial charge >= 0.3 is 0 Å². The fourth-order valence-electron chi connectivity index (χ4n) is 3.59. The van der Waals surface area contributed by atoms with Gasteiger partial charge in [0.1, 0.15) is 5.82 Å². The molecule has 0 atom stereocenters. The highest BCUT2D eigenvalue weighted by atomic mass is 19.2. The number of aryl methyl sites for hydroxylation is 1. The van der Waals surface area contributed by atoms with E-state index in [1.807, 2.05) is 32.1 Å². The van der Waals surface area contributed by atoms with Crippen molar-refractivity contribution in [3.8, 4) is 0 Å². The molecule has 6 nitrogen and oxygen atoms in total. The molecule has 156 valence electrons. The third-order valence-electron chi connectivity index (χ3n) is 5.22. The first-order valence-electron chi connectivity index (χ1n) is 9.82. The summed E-state index contributed by atoms with van der Waals surface area (Å²) >= 11 is 0. The molecule has 2 aromatic rings. The van der Waals surface area contributed by atoms with Gasteiger partial charge in [-0.25, -0.2) is 13.8 Å². The summed E-state index contributed by atoms with van der Waals surface area (Å²) in [5, 5.41) is 6.64. The molecule has 1 saturated carbocycles. The molecular formula is C21H27F2N5O. The van der Waals surface area contributed by atoms with Crippen molar-refractivity contribution in [2.45, 2.75) is 44.7 Å². The van der Waals surface area contributed by atoms with Crippen LogP contribution in [0.5, 0.6) is 0 Å². The zero-order valence-electron chi connectivity index (χ0n) is 17.0. The first-order chi connectivity index (χ1) is 13.8. The van der Waals surface area contributed by atoms with Gasteiger partial charge in [0.2, 0.25) is 5.95 Å². The van der Waals surface area contributed by atoms with Crippen LogP contribution in [-0.2, 0) is 0 Å². The lowest BCUT2D eigenvalue weighted by atomic mass is 9.91. The van der Waals surface area contributed by atoms with Crippen LogP contribution in [0.2, 0.25) is 0 Å². The molecular weight excluding hydrogens is 376 g/mol. The molecule has 1 heterocycles. The minimum absolute atomic E-state index is 0.112. The van der Waals surface area contributed by atoms with Crippen molar-refractivity contribution >= 4 is 17.5 Å². The van der Waals surface area contributed by atoms with Crippen molar-refractivity contribution < 1.29 is 13.6 Å². The van der Waals surface area contributed by atoms with E-state index in [-0.39, 0.29) is 30.0 Å². The van der Waals surface area contributed by atoms with Gasteiger partial charge in [0.05, 0.1) is 6.54 Å². The summed E-state index contributed by atoms with van der Waals surface area (Å²) in [6.07, 6.45) is 5.52. The number of nitrogens with zero attached hydrogens (tertiary/aromatic N) is 3. The lowest BCUT2D eigenvalue weighted by Gasteiger charge is -2.30. The van der Waals surface area contributed by atoms with Crippen molar-refractivity contribution in [2.75, 3.05) is 30.9 Å². The van der Waals surface area contributed by atoms with Crippen LogP contribution in [-0.4, -0.2) is 48.5 Å². The number of nitrogens with one attached hydrogen (secondary N) is 2. The molecule has 0 aliphatic heterocycles. The first-order valence-corrected chi connectivity index (χ1v) is 9.82. The van der Waals surface area contributed by atoms with Gasteiger partial charge in [-0.05, 0) is 50.8 Å². The molecule has 0 saturated heterocycles. The zero-order valence-corrected chi connectivity index (χ0v) is 17.0. The molecule has 2 N–H and O–H groups in total. The van der Waals surface area contributed by atoms with E-state index in [9.17, 15) is 13.6 Å². The molecule has 1 aliphatic rings. The number of hydrogen-bond acceptors (Lipinski definition) is 6. The van der Waals surface area contributed by atoms with Gasteiger partial charge < -0.3 is 15.5 Å². The molecule has 0 spiro atoms. The van der Waals surface area contributed by atoms with Gasteiger partial charge in [0.25, 0.3) is 0 Å². The van der Waals surface area contributed by atoms with E-state index in [1.54, 1.807) is 0 Å². The molecule has 0 amide bonds. The SMILES string of the molecule is Cc1cnc(NC2CCC(NCC(=O)c3ccc(F)c(F)c3)CC2)nc1N(C)C. The Morgan fingerprint density at radius 3 is 2.48 bits per heavy atom. The zero-order chi connectivity index (χ0) is 21.0. The molecule has 0 bridgehead atoms. The van der Waals surface area contributed by atoms with Crippen LogP contribution in [0.15, 0.2) is 24.4 Å². The Morgan fingerprint density at radius 2 is 1.83 bits per heavy atom. The Morgan fingerprint density at radius 1 is 1.14 bits per heavy atom. The maximum atomic E-state index is 13.3. The molecule has 8 heteroatoms. The predicted octanol–water partition coefficient (Wildman–Crippen LogP) is 3.32. The summed E-state index contributed by atoms with van der Waals surface area (Å²) in [6.45, 7) is 2.10. The molecule has 1 aromatic heterocycles. The van der Waals surface area contributed by atoms with E-state index in [1.165, 1.54) is 6.07 Å². The van der Waals surface area contributed by atoms with E-state index in [0.717, 1.165) is 49.2 Å². The Bertz CT molecular complexity index is 866. The van der Waals surface area contributed by atoms with Crippen LogP contribution in [0.1, 0.15) is 41.6 Å². The largest absolute Gasteiger partial charge is 0.362 e. The van der Waals surface area contributed by atoms with Crippen molar-refractivity contribution in [3.63, 3.8) is 0 Å². The van der Waals surface area contributed by atoms with E-state index in [2.05, 4.69) is 20.6 Å². The summed E-state index contributed by atoms with van der Waals surface area (Å²) in [6, 6.07) is 3.75. The summed E-state index contributed by atoms with van der Waals surface area (Å²) in [5.74, 6) is -0.667. The average Bonchev–Trinajstić information content (AvgIpc) is 2.70. The maximum absolute atomic E-state index is 13.3. The fraction of sp³-hybridized carbons (Fsp3) is 0.476. The van der Waals surface area contributed by atoms with Crippen LogP contribution in [0.3, 0.4) is 0 Å². The number of halogens is 2. The Kier molecular flexibility index (Phi) is 6.74. The van der Waals surface area contributed by atoms with Gasteiger partial charge in [-0.15, -0.1) is 0 Å². The topological polar surface area (TPSA) is 70.1 Å². The molecule has 3 rings (SSSR count). The molecule has 1 aromatic carbocycles. The monoisotopic (exact) mass is 403 g/mol. The standard InChI is InChI=1S/C21H27F2N5O/c1-13-11-25-21(27-20(13)28(2)3)26-16-7-5-15(6-8-16)24-12-19(29)14-4-9-17(22)18(23)10-14/h4,9-11,15-16,24H,5-8,12H2,1-3H3,(H,25,26,27). The summed E-state index contributed by atoms with van der Waals surface area (Å²) in [4.78, 5) is 23.1. The summed E-state index contributed by atoms with van der Waals surface area (Å²) in [5.41, 5.74) is 1.21. The third kappa shape index (κ3) is 5.47. The van der Waals surface area contributed by atoms with Gasteiger partial charge in [-0.1, -0.05) is 0 Å². The molecule has 1 aliphatic carbocycles. The van der Waals surface area contributed by atoms with Crippen LogP contribution in [0, 0.1) is 18.6 Å². The van der Waals surface area contributed by atoms with Crippen molar-refractivity contribution in [1.82, 2.24) is 15.3 Å². The number of anilines is 2. The number of benzene rings is 1. The second kappa shape index (κ2) is 9.26. The van der Waals surface area contributed by atoms with Crippen LogP contribution >= 0.6 is 0 Å². The quantitative estimate of drug-likeness (QED) is 0.691. The van der Waals surface area contributed by atoms with Gasteiger partial charge in [0.15, 0.2) is 17.4 Å². The van der Waals surface area contributed by atoms with E-state index >= 15 is 0 Å². The lowest BCUT2D eigenvalue weighted by Crippen LogP contribution is -2.39. The fourth-order valence-corrected chi connectivity index (χ4v) is 3.59. The van der Waals surface area contributed by atoms with Crippen LogP contribution in [0.25, 0.3) is 0 Å². The molecule has 1 fully saturated rings. The Balaban J connectivity index is 1.46. The summed E-state index contributed by atoms with van der Waals surface area (Å²) in [7, 11) is 3.91. The molecule has 0 unspecified atom stereocenters. The highest BCUT2D eigenvalue weighted by Gasteiger charge is 2.22. The van der Waals surface area contributed by atoms with Crippen molar-refractivity contribution in [2.24, 2.45) is 0 Å². The number of rotatable bonds is 7. The summed E-state index contributed by atoms with van der Waals surface area (Å²) < 4.78 is 26.3. The third-order valence-corrected chi connectivity index (χ3v) is 5.22. The molecule has 0 radical (unpaired) electrons. The second-order valence-corrected chi connectivity index (χ2v) is 7.72. The van der Waals surface area contributed by atoms with E-state index in [0.29, 0.717) is 5.95 Å². The van der Waals surface area contributed by atoms with Gasteiger partial charge in [0, 0.05) is 43.5 Å². The second-order valence-electron chi connectivity index (χ2n) is 7.72. The van der Waals surface area contributed by atoms with E-state index in [4.69, 9.17) is 0 Å². The molecule has 29 heavy (non-hydrogen) atoms. The van der Waals surface area contributed by atoms with Crippen LogP contribution in [0.4, 0.5) is 20.5 Å². The number of aromatic nitrogens is 2. The Labute approximate surface area is 169 Å². The first kappa shape index (κ1) is 21.1. The Hall–Kier alpha value is -2.61. The van der Waals surface area contributed by atoms with Crippen LogP contribution < -0.4 is 15.5 Å². The van der Waals surface area contributed by atoms with Crippen molar-refractivity contribution in [3.05, 3.63) is 47.2 Å². The lowest BCUT2D eigenvalue weighted by molar-refractivity contribution is 0.0984. The highest BCUT2D eigenvalue weighted by Crippen LogP contribution is 2.23. The van der Waals surface area contributed by atoms with Gasteiger partial charge in [-0.3, -0.25) is 4.79 Å².